The summed E-state index contributed by atoms with van der Waals surface area (Å²) in [7, 11) is 0. The molecule has 0 bridgehead atoms. The van der Waals surface area contributed by atoms with Crippen LogP contribution < -0.4 is 5.56 Å². The molecule has 0 saturated carbocycles. The Balaban J connectivity index is 1.88. The number of benzene rings is 2. The molecule has 9 heteroatoms. The Morgan fingerprint density at radius 1 is 1.17 bits per heavy atom. The van der Waals surface area contributed by atoms with Crippen LogP contribution in [-0.4, -0.2) is 20.7 Å². The molecule has 1 atom stereocenters. The zero-order valence-corrected chi connectivity index (χ0v) is 16.2. The van der Waals surface area contributed by atoms with Crippen LogP contribution in [0.5, 0.6) is 5.75 Å². The Hall–Kier alpha value is -2.81. The predicted octanol–water partition coefficient (Wildman–Crippen LogP) is 4.53. The van der Waals surface area contributed by atoms with Gasteiger partial charge in [-0.05, 0) is 41.8 Å². The molecular formula is C20H13BrF3NO4. The summed E-state index contributed by atoms with van der Waals surface area (Å²) in [6, 6.07) is 8.02. The fourth-order valence-corrected chi connectivity index (χ4v) is 4.37. The molecule has 0 amide bonds. The van der Waals surface area contributed by atoms with E-state index >= 15 is 0 Å². The molecule has 2 aromatic carbocycles. The van der Waals surface area contributed by atoms with Gasteiger partial charge in [0, 0.05) is 22.3 Å². The summed E-state index contributed by atoms with van der Waals surface area (Å²) in [6.45, 7) is 0.0931. The van der Waals surface area contributed by atoms with E-state index in [0.29, 0.717) is 27.5 Å². The number of nitrogens with zero attached hydrogens (tertiary/aromatic N) is 1. The molecule has 5 nitrogen and oxygen atoms in total. The number of carboxylic acids is 1. The normalized spacial score (nSPS) is 16.2. The molecule has 1 unspecified atom stereocenters. The maximum absolute atomic E-state index is 12.8. The third-order valence-corrected chi connectivity index (χ3v) is 5.62. The molecule has 0 spiro atoms. The van der Waals surface area contributed by atoms with Crippen molar-refractivity contribution in [2.24, 2.45) is 0 Å². The minimum Gasteiger partial charge on any atom is -0.506 e. The van der Waals surface area contributed by atoms with Gasteiger partial charge in [0.2, 0.25) is 0 Å². The molecule has 0 saturated heterocycles. The first kappa shape index (κ1) is 19.5. The quantitative estimate of drug-likeness (QED) is 0.580. The van der Waals surface area contributed by atoms with Crippen LogP contribution in [0.1, 0.15) is 33.0 Å². The zero-order valence-electron chi connectivity index (χ0n) is 14.6. The number of pyridine rings is 1. The fourth-order valence-electron chi connectivity index (χ4n) is 3.87. The average molecular weight is 468 g/mol. The van der Waals surface area contributed by atoms with Gasteiger partial charge in [0.1, 0.15) is 5.75 Å². The Morgan fingerprint density at radius 2 is 1.83 bits per heavy atom. The molecular weight excluding hydrogens is 455 g/mol. The van der Waals surface area contributed by atoms with E-state index in [2.05, 4.69) is 15.9 Å². The summed E-state index contributed by atoms with van der Waals surface area (Å²) in [5.74, 6) is -2.47. The lowest BCUT2D eigenvalue weighted by Crippen LogP contribution is -2.32. The van der Waals surface area contributed by atoms with Gasteiger partial charge < -0.3 is 14.8 Å². The van der Waals surface area contributed by atoms with Crippen molar-refractivity contribution in [1.29, 1.82) is 0 Å². The van der Waals surface area contributed by atoms with E-state index in [1.807, 2.05) is 0 Å². The molecule has 1 aliphatic rings. The number of halogens is 4. The molecule has 1 aliphatic heterocycles. The Morgan fingerprint density at radius 3 is 2.41 bits per heavy atom. The third-order valence-electron chi connectivity index (χ3n) is 5.17. The number of hydrogen-bond acceptors (Lipinski definition) is 3. The van der Waals surface area contributed by atoms with Crippen molar-refractivity contribution >= 4 is 32.8 Å². The lowest BCUT2D eigenvalue weighted by Gasteiger charge is -2.28. The van der Waals surface area contributed by atoms with Crippen LogP contribution in [0.15, 0.2) is 45.7 Å². The molecule has 29 heavy (non-hydrogen) atoms. The van der Waals surface area contributed by atoms with Gasteiger partial charge in [-0.2, -0.15) is 13.2 Å². The van der Waals surface area contributed by atoms with E-state index in [1.165, 1.54) is 22.8 Å². The topological polar surface area (TPSA) is 79.5 Å². The number of carboxylic acid groups (broad SMARTS) is 1. The highest BCUT2D eigenvalue weighted by Crippen LogP contribution is 2.39. The SMILES string of the molecule is O=C(O)c1c(O)c2cc(Br)cc3c2n(c1=O)CC(c1ccc(C(F)(F)F)cc1)C3. The first-order valence-corrected chi connectivity index (χ1v) is 9.35. The number of hydrogen-bond donors (Lipinski definition) is 2. The van der Waals surface area contributed by atoms with Crippen LogP contribution >= 0.6 is 15.9 Å². The van der Waals surface area contributed by atoms with Crippen molar-refractivity contribution in [3.05, 3.63) is 73.5 Å². The van der Waals surface area contributed by atoms with Gasteiger partial charge >= 0.3 is 12.1 Å². The molecule has 2 heterocycles. The van der Waals surface area contributed by atoms with Gasteiger partial charge in [0.05, 0.1) is 11.1 Å². The van der Waals surface area contributed by atoms with Crippen LogP contribution in [0.2, 0.25) is 0 Å². The molecule has 0 aliphatic carbocycles. The van der Waals surface area contributed by atoms with Crippen molar-refractivity contribution in [1.82, 2.24) is 4.57 Å². The lowest BCUT2D eigenvalue weighted by molar-refractivity contribution is -0.137. The molecule has 150 valence electrons. The Labute approximate surface area is 170 Å². The molecule has 2 N–H and O–H groups in total. The zero-order chi connectivity index (χ0) is 21.1. The van der Waals surface area contributed by atoms with Gasteiger partial charge in [0.15, 0.2) is 5.56 Å². The summed E-state index contributed by atoms with van der Waals surface area (Å²) >= 11 is 3.32. The Bertz CT molecular complexity index is 1220. The van der Waals surface area contributed by atoms with Gasteiger partial charge in [-0.1, -0.05) is 28.1 Å². The third kappa shape index (κ3) is 3.19. The predicted molar refractivity (Wildman–Crippen MR) is 102 cm³/mol. The van der Waals surface area contributed by atoms with E-state index < -0.39 is 34.6 Å². The maximum Gasteiger partial charge on any atom is 0.416 e. The maximum atomic E-state index is 12.8. The van der Waals surface area contributed by atoms with Crippen molar-refractivity contribution in [3.8, 4) is 5.75 Å². The van der Waals surface area contributed by atoms with Crippen molar-refractivity contribution < 1.29 is 28.2 Å². The summed E-state index contributed by atoms with van der Waals surface area (Å²) in [4.78, 5) is 24.3. The van der Waals surface area contributed by atoms with Gasteiger partial charge in [-0.15, -0.1) is 0 Å². The monoisotopic (exact) mass is 467 g/mol. The number of aromatic carboxylic acids is 1. The molecule has 3 aromatic rings. The number of aromatic nitrogens is 1. The second-order valence-electron chi connectivity index (χ2n) is 6.93. The van der Waals surface area contributed by atoms with E-state index in [4.69, 9.17) is 0 Å². The van der Waals surface area contributed by atoms with E-state index in [9.17, 15) is 33.0 Å². The van der Waals surface area contributed by atoms with Gasteiger partial charge in [-0.25, -0.2) is 4.79 Å². The first-order valence-electron chi connectivity index (χ1n) is 8.56. The largest absolute Gasteiger partial charge is 0.506 e. The number of rotatable bonds is 2. The van der Waals surface area contributed by atoms with Crippen LogP contribution in [-0.2, 0) is 19.1 Å². The Kier molecular flexibility index (Phi) is 4.45. The highest BCUT2D eigenvalue weighted by atomic mass is 79.9. The summed E-state index contributed by atoms with van der Waals surface area (Å²) < 4.78 is 40.4. The number of carbonyl (C=O) groups is 1. The standard InChI is InChI=1S/C20H13BrF3NO4/c21-13-6-10-5-11(9-1-3-12(4-2-9)20(22,23)24)8-25-16(10)14(7-13)17(26)15(18(25)27)19(28)29/h1-4,6-7,11,26H,5,8H2,(H,28,29). The van der Waals surface area contributed by atoms with Crippen LogP contribution in [0.4, 0.5) is 13.2 Å². The summed E-state index contributed by atoms with van der Waals surface area (Å²) in [5.41, 5.74) is -0.609. The fraction of sp³-hybridized carbons (Fsp3) is 0.200. The molecule has 0 radical (unpaired) electrons. The summed E-state index contributed by atoms with van der Waals surface area (Å²) in [5, 5.41) is 20.0. The van der Waals surface area contributed by atoms with Crippen molar-refractivity contribution in [2.45, 2.75) is 25.1 Å². The molecule has 4 rings (SSSR count). The van der Waals surface area contributed by atoms with E-state index in [0.717, 1.165) is 12.1 Å². The smallest absolute Gasteiger partial charge is 0.416 e. The minimum absolute atomic E-state index is 0.0931. The van der Waals surface area contributed by atoms with E-state index in [1.54, 1.807) is 6.07 Å². The molecule has 1 aromatic heterocycles. The number of aromatic hydroxyl groups is 1. The van der Waals surface area contributed by atoms with Crippen molar-refractivity contribution in [2.75, 3.05) is 0 Å². The highest BCUT2D eigenvalue weighted by Gasteiger charge is 2.32. The highest BCUT2D eigenvalue weighted by molar-refractivity contribution is 9.10. The van der Waals surface area contributed by atoms with Gasteiger partial charge in [-0.3, -0.25) is 4.79 Å². The second kappa shape index (κ2) is 6.62. The average Bonchev–Trinajstić information content (AvgIpc) is 2.64. The van der Waals surface area contributed by atoms with Crippen LogP contribution in [0.3, 0.4) is 0 Å². The first-order chi connectivity index (χ1) is 13.6. The molecule has 0 fully saturated rings. The van der Waals surface area contributed by atoms with E-state index in [-0.39, 0.29) is 17.8 Å². The van der Waals surface area contributed by atoms with Gasteiger partial charge in [0.25, 0.3) is 5.56 Å². The van der Waals surface area contributed by atoms with Crippen molar-refractivity contribution in [3.63, 3.8) is 0 Å². The van der Waals surface area contributed by atoms with Crippen LogP contribution in [0.25, 0.3) is 10.9 Å². The number of alkyl halides is 3. The summed E-state index contributed by atoms with van der Waals surface area (Å²) in [6.07, 6.45) is -4.02. The van der Waals surface area contributed by atoms with Crippen LogP contribution in [0, 0.1) is 0 Å². The lowest BCUT2D eigenvalue weighted by atomic mass is 9.87. The minimum atomic E-state index is -4.45. The second-order valence-corrected chi connectivity index (χ2v) is 7.84.